The molecule has 0 aromatic heterocycles. The molecule has 8 heteroatoms. The van der Waals surface area contributed by atoms with Crippen molar-refractivity contribution in [2.75, 3.05) is 14.2 Å². The Hall–Kier alpha value is -3.10. The SMILES string of the molecule is COc1cccc(C2Oc3ccc(F)c(OC)c3-c3ccc(CS(N)(=O)=O)cc32)c1. The summed E-state index contributed by atoms with van der Waals surface area (Å²) in [6, 6.07) is 15.3. The second-order valence-corrected chi connectivity index (χ2v) is 8.57. The van der Waals surface area contributed by atoms with Crippen molar-refractivity contribution in [3.8, 4) is 28.4 Å². The number of sulfonamides is 1. The monoisotopic (exact) mass is 429 g/mol. The van der Waals surface area contributed by atoms with Crippen molar-refractivity contribution in [2.24, 2.45) is 5.14 Å². The number of halogens is 1. The second kappa shape index (κ2) is 7.62. The van der Waals surface area contributed by atoms with Gasteiger partial charge in [0, 0.05) is 11.1 Å². The number of nitrogens with two attached hydrogens (primary N) is 1. The van der Waals surface area contributed by atoms with Crippen molar-refractivity contribution >= 4 is 10.0 Å². The molecule has 1 heterocycles. The van der Waals surface area contributed by atoms with Gasteiger partial charge in [-0.1, -0.05) is 30.3 Å². The molecule has 0 saturated heterocycles. The summed E-state index contributed by atoms with van der Waals surface area (Å²) in [5.41, 5.74) is 3.16. The van der Waals surface area contributed by atoms with Crippen LogP contribution in [0, 0.1) is 5.82 Å². The average molecular weight is 429 g/mol. The molecular weight excluding hydrogens is 409 g/mol. The lowest BCUT2D eigenvalue weighted by Gasteiger charge is -2.31. The van der Waals surface area contributed by atoms with Gasteiger partial charge in [-0.2, -0.15) is 0 Å². The van der Waals surface area contributed by atoms with E-state index in [1.54, 1.807) is 31.4 Å². The van der Waals surface area contributed by atoms with E-state index in [1.165, 1.54) is 13.2 Å². The van der Waals surface area contributed by atoms with E-state index in [0.717, 1.165) is 5.56 Å². The molecule has 1 atom stereocenters. The van der Waals surface area contributed by atoms with Gasteiger partial charge in [-0.05, 0) is 35.4 Å². The van der Waals surface area contributed by atoms with Crippen LogP contribution in [-0.2, 0) is 15.8 Å². The van der Waals surface area contributed by atoms with Gasteiger partial charge >= 0.3 is 0 Å². The molecule has 0 radical (unpaired) electrons. The molecule has 0 saturated carbocycles. The van der Waals surface area contributed by atoms with E-state index >= 15 is 0 Å². The van der Waals surface area contributed by atoms with Crippen LogP contribution in [0.25, 0.3) is 11.1 Å². The zero-order valence-electron chi connectivity index (χ0n) is 16.4. The van der Waals surface area contributed by atoms with E-state index < -0.39 is 21.9 Å². The van der Waals surface area contributed by atoms with Crippen LogP contribution in [0.2, 0.25) is 0 Å². The highest BCUT2D eigenvalue weighted by Gasteiger charge is 2.31. The molecule has 0 spiro atoms. The molecule has 2 N–H and O–H groups in total. The molecule has 1 unspecified atom stereocenters. The summed E-state index contributed by atoms with van der Waals surface area (Å²) in [4.78, 5) is 0. The number of benzene rings is 3. The predicted octanol–water partition coefficient (Wildman–Crippen LogP) is 3.78. The van der Waals surface area contributed by atoms with Gasteiger partial charge in [0.15, 0.2) is 11.6 Å². The fourth-order valence-corrected chi connectivity index (χ4v) is 4.36. The average Bonchev–Trinajstić information content (AvgIpc) is 2.72. The number of rotatable bonds is 5. The lowest BCUT2D eigenvalue weighted by atomic mass is 9.88. The van der Waals surface area contributed by atoms with Crippen LogP contribution in [0.5, 0.6) is 17.2 Å². The second-order valence-electron chi connectivity index (χ2n) is 6.96. The zero-order valence-corrected chi connectivity index (χ0v) is 17.2. The molecule has 0 bridgehead atoms. The van der Waals surface area contributed by atoms with Crippen molar-refractivity contribution in [1.29, 1.82) is 0 Å². The van der Waals surface area contributed by atoms with Gasteiger partial charge < -0.3 is 14.2 Å². The topological polar surface area (TPSA) is 87.8 Å². The maximum absolute atomic E-state index is 14.4. The van der Waals surface area contributed by atoms with Crippen molar-refractivity contribution in [3.05, 3.63) is 77.1 Å². The maximum Gasteiger partial charge on any atom is 0.213 e. The standard InChI is InChI=1S/C22H20FNO5S/c1-27-15-5-3-4-14(11-15)21-17-10-13(12-30(24,25)26)6-7-16(17)20-19(29-21)9-8-18(23)22(20)28-2/h3-11,21H,12H2,1-2H3,(H2,24,25,26). The number of ether oxygens (including phenoxy) is 3. The molecule has 0 aliphatic carbocycles. The van der Waals surface area contributed by atoms with Crippen molar-refractivity contribution in [3.63, 3.8) is 0 Å². The summed E-state index contributed by atoms with van der Waals surface area (Å²) in [5.74, 6) is 0.350. The Morgan fingerprint density at radius 1 is 1.07 bits per heavy atom. The van der Waals surface area contributed by atoms with Crippen molar-refractivity contribution < 1.29 is 27.0 Å². The fourth-order valence-electron chi connectivity index (χ4n) is 3.71. The van der Waals surface area contributed by atoms with Gasteiger partial charge in [0.2, 0.25) is 10.0 Å². The van der Waals surface area contributed by atoms with Crippen LogP contribution < -0.4 is 19.3 Å². The highest BCUT2D eigenvalue weighted by Crippen LogP contribution is 2.50. The van der Waals surface area contributed by atoms with Crippen molar-refractivity contribution in [1.82, 2.24) is 0 Å². The van der Waals surface area contributed by atoms with E-state index in [9.17, 15) is 12.8 Å². The lowest BCUT2D eigenvalue weighted by molar-refractivity contribution is 0.240. The Kier molecular flexibility index (Phi) is 5.13. The van der Waals surface area contributed by atoms with Gasteiger partial charge in [0.1, 0.15) is 17.6 Å². The van der Waals surface area contributed by atoms with Crippen LogP contribution >= 0.6 is 0 Å². The smallest absolute Gasteiger partial charge is 0.213 e. The highest BCUT2D eigenvalue weighted by atomic mass is 32.2. The first kappa shape index (κ1) is 20.2. The first-order chi connectivity index (χ1) is 14.3. The van der Waals surface area contributed by atoms with Crippen LogP contribution in [0.3, 0.4) is 0 Å². The molecule has 4 rings (SSSR count). The van der Waals surface area contributed by atoms with E-state index in [-0.39, 0.29) is 11.5 Å². The number of hydrogen-bond acceptors (Lipinski definition) is 5. The molecule has 6 nitrogen and oxygen atoms in total. The number of hydrogen-bond donors (Lipinski definition) is 1. The third-order valence-corrected chi connectivity index (χ3v) is 5.69. The highest BCUT2D eigenvalue weighted by molar-refractivity contribution is 7.88. The van der Waals surface area contributed by atoms with Crippen LogP contribution in [-0.4, -0.2) is 22.6 Å². The molecule has 3 aromatic carbocycles. The minimum Gasteiger partial charge on any atom is -0.497 e. The van der Waals surface area contributed by atoms with Gasteiger partial charge in [0.05, 0.1) is 25.5 Å². The largest absolute Gasteiger partial charge is 0.497 e. The number of methoxy groups -OCH3 is 2. The Morgan fingerprint density at radius 2 is 1.87 bits per heavy atom. The summed E-state index contributed by atoms with van der Waals surface area (Å²) < 4.78 is 54.5. The molecule has 0 fully saturated rings. The lowest BCUT2D eigenvalue weighted by Crippen LogP contribution is -2.18. The Morgan fingerprint density at radius 3 is 2.57 bits per heavy atom. The van der Waals surface area contributed by atoms with E-state index in [0.29, 0.717) is 33.8 Å². The van der Waals surface area contributed by atoms with Gasteiger partial charge in [-0.25, -0.2) is 17.9 Å². The zero-order chi connectivity index (χ0) is 21.5. The summed E-state index contributed by atoms with van der Waals surface area (Å²) in [6.07, 6.45) is -0.557. The minimum absolute atomic E-state index is 0.0667. The van der Waals surface area contributed by atoms with Gasteiger partial charge in [0.25, 0.3) is 0 Å². The van der Waals surface area contributed by atoms with Gasteiger partial charge in [-0.15, -0.1) is 0 Å². The molecule has 156 valence electrons. The van der Waals surface area contributed by atoms with Crippen LogP contribution in [0.4, 0.5) is 4.39 Å². The molecule has 3 aromatic rings. The summed E-state index contributed by atoms with van der Waals surface area (Å²) >= 11 is 0. The Bertz CT molecular complexity index is 1230. The molecule has 1 aliphatic rings. The molecule has 0 amide bonds. The molecular formula is C22H20FNO5S. The van der Waals surface area contributed by atoms with Gasteiger partial charge in [-0.3, -0.25) is 0 Å². The third kappa shape index (κ3) is 3.71. The number of primary sulfonamides is 1. The normalized spacial score (nSPS) is 15.0. The predicted molar refractivity (Wildman–Crippen MR) is 111 cm³/mol. The third-order valence-electron chi connectivity index (χ3n) is 4.95. The summed E-state index contributed by atoms with van der Waals surface area (Å²) in [6.45, 7) is 0. The first-order valence-electron chi connectivity index (χ1n) is 9.11. The summed E-state index contributed by atoms with van der Waals surface area (Å²) in [5, 5.41) is 5.22. The molecule has 30 heavy (non-hydrogen) atoms. The van der Waals surface area contributed by atoms with E-state index in [1.807, 2.05) is 24.3 Å². The van der Waals surface area contributed by atoms with Crippen LogP contribution in [0.15, 0.2) is 54.6 Å². The number of fused-ring (bicyclic) bond motifs is 3. The van der Waals surface area contributed by atoms with E-state index in [2.05, 4.69) is 0 Å². The minimum atomic E-state index is -3.72. The first-order valence-corrected chi connectivity index (χ1v) is 10.8. The maximum atomic E-state index is 14.4. The van der Waals surface area contributed by atoms with E-state index in [4.69, 9.17) is 19.3 Å². The Balaban J connectivity index is 1.95. The van der Waals surface area contributed by atoms with Crippen molar-refractivity contribution in [2.45, 2.75) is 11.9 Å². The summed E-state index contributed by atoms with van der Waals surface area (Å²) in [7, 11) is -0.760. The molecule has 1 aliphatic heterocycles. The van der Waals surface area contributed by atoms with Crippen LogP contribution in [0.1, 0.15) is 22.8 Å². The Labute approximate surface area is 174 Å². The quantitative estimate of drug-likeness (QED) is 0.667. The fraction of sp³-hybridized carbons (Fsp3) is 0.182.